The Hall–Kier alpha value is -2.28. The van der Waals surface area contributed by atoms with Crippen molar-refractivity contribution in [2.24, 2.45) is 0 Å². The fraction of sp³-hybridized carbons (Fsp3) is 0.308. The Kier molecular flexibility index (Phi) is 5.54. The number of carbonyl (C=O) groups is 3. The third-order valence-corrected chi connectivity index (χ3v) is 2.93. The van der Waals surface area contributed by atoms with Gasteiger partial charge in [0.2, 0.25) is 5.91 Å². The van der Waals surface area contributed by atoms with Crippen LogP contribution < -0.4 is 10.6 Å². The van der Waals surface area contributed by atoms with Gasteiger partial charge in [-0.15, -0.1) is 0 Å². The number of anilines is 1. The predicted octanol–water partition coefficient (Wildman–Crippen LogP) is 1.64. The molecule has 0 spiro atoms. The molecule has 3 N–H and O–H groups in total. The van der Waals surface area contributed by atoms with E-state index in [1.165, 1.54) is 23.1 Å². The first-order valence-electron chi connectivity index (χ1n) is 6.04. The second kappa shape index (κ2) is 6.94. The minimum Gasteiger partial charge on any atom is -0.478 e. The number of rotatable bonds is 4. The van der Waals surface area contributed by atoms with Gasteiger partial charge in [0.05, 0.1) is 10.6 Å². The number of aromatic carboxylic acids is 1. The van der Waals surface area contributed by atoms with Crippen LogP contribution in [-0.4, -0.2) is 48.1 Å². The van der Waals surface area contributed by atoms with Gasteiger partial charge in [-0.3, -0.25) is 4.79 Å². The van der Waals surface area contributed by atoms with Crippen LogP contribution in [0.2, 0.25) is 5.02 Å². The third kappa shape index (κ3) is 4.64. The van der Waals surface area contributed by atoms with E-state index in [-0.39, 0.29) is 16.5 Å². The van der Waals surface area contributed by atoms with Gasteiger partial charge in [0.15, 0.2) is 0 Å². The molecule has 0 aliphatic rings. The number of nitrogens with one attached hydrogen (secondary N) is 2. The van der Waals surface area contributed by atoms with Crippen LogP contribution in [0.1, 0.15) is 17.3 Å². The number of carboxylic acids is 1. The number of carboxylic acid groups (broad SMARTS) is 1. The zero-order valence-corrected chi connectivity index (χ0v) is 12.6. The number of halogens is 1. The molecule has 0 saturated heterocycles. The topological polar surface area (TPSA) is 98.7 Å². The van der Waals surface area contributed by atoms with Crippen LogP contribution in [-0.2, 0) is 4.79 Å². The summed E-state index contributed by atoms with van der Waals surface area (Å²) in [6, 6.07) is 2.75. The van der Waals surface area contributed by atoms with Crippen LogP contribution in [0.15, 0.2) is 18.2 Å². The first kappa shape index (κ1) is 16.8. The summed E-state index contributed by atoms with van der Waals surface area (Å²) in [5, 5.41) is 13.8. The molecule has 1 atom stereocenters. The van der Waals surface area contributed by atoms with Crippen molar-refractivity contribution < 1.29 is 19.5 Å². The first-order chi connectivity index (χ1) is 9.72. The van der Waals surface area contributed by atoms with E-state index in [2.05, 4.69) is 10.6 Å². The summed E-state index contributed by atoms with van der Waals surface area (Å²) in [4.78, 5) is 35.5. The average Bonchev–Trinajstić information content (AvgIpc) is 2.36. The van der Waals surface area contributed by atoms with Gasteiger partial charge in [0.1, 0.15) is 6.04 Å². The van der Waals surface area contributed by atoms with Gasteiger partial charge >= 0.3 is 12.0 Å². The van der Waals surface area contributed by atoms with Crippen molar-refractivity contribution in [2.45, 2.75) is 13.0 Å². The van der Waals surface area contributed by atoms with Gasteiger partial charge in [0, 0.05) is 19.8 Å². The van der Waals surface area contributed by atoms with E-state index < -0.39 is 18.0 Å². The number of benzene rings is 1. The molecule has 0 bridgehead atoms. The molecule has 3 amide bonds. The van der Waals surface area contributed by atoms with E-state index >= 15 is 0 Å². The number of amides is 3. The molecule has 1 rings (SSSR count). The molecular formula is C13H16ClN3O4. The third-order valence-electron chi connectivity index (χ3n) is 2.62. The van der Waals surface area contributed by atoms with Crippen molar-refractivity contribution in [1.82, 2.24) is 10.2 Å². The van der Waals surface area contributed by atoms with E-state index in [1.54, 1.807) is 21.0 Å². The molecular weight excluding hydrogens is 298 g/mol. The van der Waals surface area contributed by atoms with Crippen LogP contribution in [0, 0.1) is 0 Å². The molecule has 0 fully saturated rings. The van der Waals surface area contributed by atoms with Gasteiger partial charge in [0.25, 0.3) is 0 Å². The van der Waals surface area contributed by atoms with Crippen molar-refractivity contribution in [3.63, 3.8) is 0 Å². The molecule has 1 aromatic rings. The van der Waals surface area contributed by atoms with Crippen LogP contribution >= 0.6 is 11.6 Å². The van der Waals surface area contributed by atoms with Gasteiger partial charge < -0.3 is 20.6 Å². The highest BCUT2D eigenvalue weighted by molar-refractivity contribution is 6.33. The highest BCUT2D eigenvalue weighted by Gasteiger charge is 2.17. The minimum atomic E-state index is -1.15. The number of likely N-dealkylation sites (N-methyl/N-ethyl adjacent to an activating group) is 1. The molecule has 0 heterocycles. The van der Waals surface area contributed by atoms with Crippen molar-refractivity contribution in [1.29, 1.82) is 0 Å². The molecule has 21 heavy (non-hydrogen) atoms. The lowest BCUT2D eigenvalue weighted by molar-refractivity contribution is -0.130. The lowest BCUT2D eigenvalue weighted by Gasteiger charge is -2.18. The summed E-state index contributed by atoms with van der Waals surface area (Å²) in [6.07, 6.45) is 0. The fourth-order valence-corrected chi connectivity index (χ4v) is 1.84. The molecule has 1 aromatic carbocycles. The summed E-state index contributed by atoms with van der Waals surface area (Å²) in [6.45, 7) is 1.56. The molecule has 1 unspecified atom stereocenters. The molecule has 0 aliphatic heterocycles. The molecule has 0 aromatic heterocycles. The van der Waals surface area contributed by atoms with E-state index in [0.29, 0.717) is 5.69 Å². The summed E-state index contributed by atoms with van der Waals surface area (Å²) >= 11 is 5.79. The summed E-state index contributed by atoms with van der Waals surface area (Å²) in [5.74, 6) is -1.40. The van der Waals surface area contributed by atoms with Gasteiger partial charge in [-0.2, -0.15) is 0 Å². The van der Waals surface area contributed by atoms with E-state index in [4.69, 9.17) is 16.7 Å². The lowest BCUT2D eigenvalue weighted by atomic mass is 10.2. The SMILES string of the molecule is CC(NC(=O)Nc1ccc(C(=O)O)c(Cl)c1)C(=O)N(C)C. The van der Waals surface area contributed by atoms with Gasteiger partial charge in [-0.25, -0.2) is 9.59 Å². The summed E-state index contributed by atoms with van der Waals surface area (Å²) < 4.78 is 0. The number of hydrogen-bond acceptors (Lipinski definition) is 3. The second-order valence-electron chi connectivity index (χ2n) is 4.55. The van der Waals surface area contributed by atoms with Crippen LogP contribution in [0.4, 0.5) is 10.5 Å². The van der Waals surface area contributed by atoms with Gasteiger partial charge in [-0.1, -0.05) is 11.6 Å². The summed E-state index contributed by atoms with van der Waals surface area (Å²) in [5.41, 5.74) is 0.269. The van der Waals surface area contributed by atoms with E-state index in [1.807, 2.05) is 0 Å². The van der Waals surface area contributed by atoms with Crippen molar-refractivity contribution >= 4 is 35.2 Å². The molecule has 0 aliphatic carbocycles. The normalized spacial score (nSPS) is 11.4. The predicted molar refractivity (Wildman–Crippen MR) is 78.7 cm³/mol. The van der Waals surface area contributed by atoms with Crippen LogP contribution in [0.3, 0.4) is 0 Å². The Balaban J connectivity index is 2.69. The van der Waals surface area contributed by atoms with E-state index in [9.17, 15) is 14.4 Å². The monoisotopic (exact) mass is 313 g/mol. The summed E-state index contributed by atoms with van der Waals surface area (Å²) in [7, 11) is 3.17. The van der Waals surface area contributed by atoms with Crippen molar-refractivity contribution in [3.8, 4) is 0 Å². The maximum Gasteiger partial charge on any atom is 0.337 e. The Morgan fingerprint density at radius 3 is 2.38 bits per heavy atom. The minimum absolute atomic E-state index is 0.0118. The second-order valence-corrected chi connectivity index (χ2v) is 4.96. The largest absolute Gasteiger partial charge is 0.478 e. The van der Waals surface area contributed by atoms with Crippen molar-refractivity contribution in [3.05, 3.63) is 28.8 Å². The zero-order chi connectivity index (χ0) is 16.2. The van der Waals surface area contributed by atoms with Gasteiger partial charge in [-0.05, 0) is 25.1 Å². The number of hydrogen-bond donors (Lipinski definition) is 3. The molecule has 8 heteroatoms. The lowest BCUT2D eigenvalue weighted by Crippen LogP contribution is -2.45. The maximum atomic E-state index is 11.7. The van der Waals surface area contributed by atoms with Crippen molar-refractivity contribution in [2.75, 3.05) is 19.4 Å². The molecule has 7 nitrogen and oxygen atoms in total. The number of urea groups is 1. The first-order valence-corrected chi connectivity index (χ1v) is 6.41. The average molecular weight is 314 g/mol. The standard InChI is InChI=1S/C13H16ClN3O4/c1-7(11(18)17(2)3)15-13(21)16-8-4-5-9(12(19)20)10(14)6-8/h4-7H,1-3H3,(H,19,20)(H2,15,16,21). The smallest absolute Gasteiger partial charge is 0.337 e. The number of nitrogens with zero attached hydrogens (tertiary/aromatic N) is 1. The zero-order valence-electron chi connectivity index (χ0n) is 11.8. The molecule has 0 saturated carbocycles. The molecule has 114 valence electrons. The quantitative estimate of drug-likeness (QED) is 0.787. The van der Waals surface area contributed by atoms with E-state index in [0.717, 1.165) is 0 Å². The highest BCUT2D eigenvalue weighted by Crippen LogP contribution is 2.20. The number of carbonyl (C=O) groups excluding carboxylic acids is 2. The fourth-order valence-electron chi connectivity index (χ4n) is 1.58. The Bertz CT molecular complexity index is 575. The molecule has 0 radical (unpaired) electrons. The van der Waals surface area contributed by atoms with Crippen LogP contribution in [0.25, 0.3) is 0 Å². The Labute approximate surface area is 126 Å². The highest BCUT2D eigenvalue weighted by atomic mass is 35.5. The van der Waals surface area contributed by atoms with Crippen LogP contribution in [0.5, 0.6) is 0 Å². The Morgan fingerprint density at radius 1 is 1.29 bits per heavy atom. The maximum absolute atomic E-state index is 11.7. The Morgan fingerprint density at radius 2 is 1.90 bits per heavy atom.